The van der Waals surface area contributed by atoms with E-state index in [1.807, 2.05) is 0 Å². The van der Waals surface area contributed by atoms with E-state index in [2.05, 4.69) is 6.92 Å². The third kappa shape index (κ3) is 6.94. The summed E-state index contributed by atoms with van der Waals surface area (Å²) in [5, 5.41) is 8.65. The molecular formula is C11H20O4. The summed E-state index contributed by atoms with van der Waals surface area (Å²) in [6, 6.07) is 0. The third-order valence-electron chi connectivity index (χ3n) is 2.20. The Hall–Kier alpha value is -1.06. The van der Waals surface area contributed by atoms with Crippen molar-refractivity contribution in [2.45, 2.75) is 46.0 Å². The number of rotatable bonds is 8. The summed E-state index contributed by atoms with van der Waals surface area (Å²) in [5.74, 6) is -1.80. The van der Waals surface area contributed by atoms with Crippen LogP contribution in [0.25, 0.3) is 0 Å². The molecule has 0 spiro atoms. The van der Waals surface area contributed by atoms with Gasteiger partial charge in [-0.3, -0.25) is 9.59 Å². The van der Waals surface area contributed by atoms with Crippen LogP contribution in [-0.2, 0) is 14.3 Å². The van der Waals surface area contributed by atoms with Crippen LogP contribution in [0.4, 0.5) is 0 Å². The summed E-state index contributed by atoms with van der Waals surface area (Å²) < 4.78 is 4.83. The molecule has 0 amide bonds. The third-order valence-corrected chi connectivity index (χ3v) is 2.20. The summed E-state index contributed by atoms with van der Waals surface area (Å²) in [6.45, 7) is 4.10. The molecule has 0 saturated carbocycles. The zero-order valence-corrected chi connectivity index (χ0v) is 9.49. The van der Waals surface area contributed by atoms with E-state index in [9.17, 15) is 9.59 Å². The number of carboxylic acid groups (broad SMARTS) is 1. The van der Waals surface area contributed by atoms with Crippen molar-refractivity contribution in [3.8, 4) is 0 Å². The van der Waals surface area contributed by atoms with Crippen molar-refractivity contribution in [2.75, 3.05) is 6.61 Å². The molecule has 0 bridgehead atoms. The molecule has 0 fully saturated rings. The van der Waals surface area contributed by atoms with Gasteiger partial charge in [0, 0.05) is 0 Å². The lowest BCUT2D eigenvalue weighted by Crippen LogP contribution is -2.21. The van der Waals surface area contributed by atoms with Crippen molar-refractivity contribution in [3.05, 3.63) is 0 Å². The van der Waals surface area contributed by atoms with Crippen molar-refractivity contribution < 1.29 is 19.4 Å². The monoisotopic (exact) mass is 216 g/mol. The molecule has 0 heterocycles. The first-order chi connectivity index (χ1) is 7.11. The maximum Gasteiger partial charge on any atom is 0.309 e. The molecule has 0 aliphatic carbocycles. The van der Waals surface area contributed by atoms with Gasteiger partial charge in [-0.1, -0.05) is 26.2 Å². The van der Waals surface area contributed by atoms with Crippen LogP contribution in [0.2, 0.25) is 0 Å². The van der Waals surface area contributed by atoms with Crippen LogP contribution in [-0.4, -0.2) is 23.7 Å². The van der Waals surface area contributed by atoms with Crippen molar-refractivity contribution in [1.29, 1.82) is 0 Å². The van der Waals surface area contributed by atoms with Gasteiger partial charge in [0.25, 0.3) is 0 Å². The summed E-state index contributed by atoms with van der Waals surface area (Å²) in [6.07, 6.45) is 3.45. The summed E-state index contributed by atoms with van der Waals surface area (Å²) in [7, 11) is 0. The normalized spacial score (nSPS) is 12.1. The van der Waals surface area contributed by atoms with Gasteiger partial charge < -0.3 is 9.84 Å². The molecule has 0 aromatic heterocycles. The van der Waals surface area contributed by atoms with Crippen LogP contribution in [0, 0.1) is 5.92 Å². The first kappa shape index (κ1) is 13.9. The average molecular weight is 216 g/mol. The minimum Gasteiger partial charge on any atom is -0.481 e. The summed E-state index contributed by atoms with van der Waals surface area (Å²) >= 11 is 0. The number of esters is 1. The molecule has 4 nitrogen and oxygen atoms in total. The van der Waals surface area contributed by atoms with Gasteiger partial charge in [0.15, 0.2) is 0 Å². The SMILES string of the molecule is CCCCCC(CC(=O)O)C(=O)OCC. The highest BCUT2D eigenvalue weighted by Crippen LogP contribution is 2.15. The molecule has 4 heteroatoms. The molecule has 0 aromatic carbocycles. The summed E-state index contributed by atoms with van der Waals surface area (Å²) in [5.41, 5.74) is 0. The van der Waals surface area contributed by atoms with E-state index in [-0.39, 0.29) is 12.4 Å². The predicted octanol–water partition coefficient (Wildman–Crippen LogP) is 2.22. The van der Waals surface area contributed by atoms with E-state index in [0.29, 0.717) is 13.0 Å². The number of aliphatic carboxylic acids is 1. The lowest BCUT2D eigenvalue weighted by molar-refractivity contribution is -0.153. The fraction of sp³-hybridized carbons (Fsp3) is 0.818. The second kappa shape index (κ2) is 8.26. The Labute approximate surface area is 90.6 Å². The number of unbranched alkanes of at least 4 members (excludes halogenated alkanes) is 2. The van der Waals surface area contributed by atoms with Gasteiger partial charge in [-0.25, -0.2) is 0 Å². The van der Waals surface area contributed by atoms with Crippen LogP contribution in [0.3, 0.4) is 0 Å². The van der Waals surface area contributed by atoms with Gasteiger partial charge in [0.05, 0.1) is 18.9 Å². The maximum absolute atomic E-state index is 11.4. The zero-order chi connectivity index (χ0) is 11.7. The molecule has 0 aliphatic heterocycles. The maximum atomic E-state index is 11.4. The Morgan fingerprint density at radius 1 is 1.27 bits per heavy atom. The fourth-order valence-electron chi connectivity index (χ4n) is 1.41. The molecule has 1 unspecified atom stereocenters. The molecule has 0 saturated heterocycles. The number of hydrogen-bond acceptors (Lipinski definition) is 3. The van der Waals surface area contributed by atoms with Crippen molar-refractivity contribution >= 4 is 11.9 Å². The van der Waals surface area contributed by atoms with Crippen LogP contribution in [0.5, 0.6) is 0 Å². The number of carbonyl (C=O) groups is 2. The van der Waals surface area contributed by atoms with E-state index >= 15 is 0 Å². The number of carboxylic acids is 1. The van der Waals surface area contributed by atoms with Crippen LogP contribution < -0.4 is 0 Å². The molecule has 0 rings (SSSR count). The number of hydrogen-bond donors (Lipinski definition) is 1. The fourth-order valence-corrected chi connectivity index (χ4v) is 1.41. The highest BCUT2D eigenvalue weighted by molar-refractivity contribution is 5.78. The van der Waals surface area contributed by atoms with Crippen LogP contribution in [0.15, 0.2) is 0 Å². The Bertz CT molecular complexity index is 201. The van der Waals surface area contributed by atoms with Crippen molar-refractivity contribution in [3.63, 3.8) is 0 Å². The molecule has 15 heavy (non-hydrogen) atoms. The van der Waals surface area contributed by atoms with Crippen molar-refractivity contribution in [1.82, 2.24) is 0 Å². The molecule has 1 atom stereocenters. The van der Waals surface area contributed by atoms with E-state index in [1.54, 1.807) is 6.92 Å². The van der Waals surface area contributed by atoms with Gasteiger partial charge in [0.1, 0.15) is 0 Å². The van der Waals surface area contributed by atoms with E-state index < -0.39 is 11.9 Å². The van der Waals surface area contributed by atoms with E-state index in [1.165, 1.54) is 0 Å². The quantitative estimate of drug-likeness (QED) is 0.499. The molecular weight excluding hydrogens is 196 g/mol. The minimum atomic E-state index is -0.940. The number of ether oxygens (including phenoxy) is 1. The smallest absolute Gasteiger partial charge is 0.309 e. The molecule has 0 aliphatic rings. The topological polar surface area (TPSA) is 63.6 Å². The lowest BCUT2D eigenvalue weighted by Gasteiger charge is -2.12. The standard InChI is InChI=1S/C11H20O4/c1-3-5-6-7-9(8-10(12)13)11(14)15-4-2/h9H,3-8H2,1-2H3,(H,12,13). The average Bonchev–Trinajstić information content (AvgIpc) is 2.16. The second-order valence-electron chi connectivity index (χ2n) is 3.54. The zero-order valence-electron chi connectivity index (χ0n) is 9.49. The lowest BCUT2D eigenvalue weighted by atomic mass is 9.98. The van der Waals surface area contributed by atoms with Gasteiger partial charge in [-0.05, 0) is 13.3 Å². The predicted molar refractivity (Wildman–Crippen MR) is 56.5 cm³/mol. The summed E-state index contributed by atoms with van der Waals surface area (Å²) in [4.78, 5) is 21.9. The van der Waals surface area contributed by atoms with E-state index in [0.717, 1.165) is 19.3 Å². The van der Waals surface area contributed by atoms with Gasteiger partial charge in [0.2, 0.25) is 0 Å². The minimum absolute atomic E-state index is 0.122. The van der Waals surface area contributed by atoms with Crippen LogP contribution in [0.1, 0.15) is 46.0 Å². The first-order valence-electron chi connectivity index (χ1n) is 5.50. The molecule has 0 radical (unpaired) electrons. The van der Waals surface area contributed by atoms with Crippen molar-refractivity contribution in [2.24, 2.45) is 5.92 Å². The van der Waals surface area contributed by atoms with Gasteiger partial charge >= 0.3 is 11.9 Å². The Balaban J connectivity index is 4.05. The van der Waals surface area contributed by atoms with Crippen LogP contribution >= 0.6 is 0 Å². The van der Waals surface area contributed by atoms with E-state index in [4.69, 9.17) is 9.84 Å². The second-order valence-corrected chi connectivity index (χ2v) is 3.54. The highest BCUT2D eigenvalue weighted by Gasteiger charge is 2.22. The number of carbonyl (C=O) groups excluding carboxylic acids is 1. The Morgan fingerprint density at radius 3 is 2.40 bits per heavy atom. The Morgan fingerprint density at radius 2 is 1.93 bits per heavy atom. The first-order valence-corrected chi connectivity index (χ1v) is 5.50. The Kier molecular flexibility index (Phi) is 7.68. The highest BCUT2D eigenvalue weighted by atomic mass is 16.5. The largest absolute Gasteiger partial charge is 0.481 e. The van der Waals surface area contributed by atoms with Gasteiger partial charge in [-0.2, -0.15) is 0 Å². The molecule has 88 valence electrons. The molecule has 1 N–H and O–H groups in total. The van der Waals surface area contributed by atoms with Gasteiger partial charge in [-0.15, -0.1) is 0 Å². The molecule has 0 aromatic rings.